The maximum Gasteiger partial charge on any atom is 0.417 e. The Kier molecular flexibility index (Phi) is 4.91. The molecule has 11 heteroatoms. The molecule has 3 rings (SSSR count). The predicted molar refractivity (Wildman–Crippen MR) is 94.7 cm³/mol. The zero-order valence-corrected chi connectivity index (χ0v) is 15.6. The van der Waals surface area contributed by atoms with E-state index in [0.717, 1.165) is 18.2 Å². The summed E-state index contributed by atoms with van der Waals surface area (Å²) in [6.07, 6.45) is -3.17. The summed E-state index contributed by atoms with van der Waals surface area (Å²) in [7, 11) is -4.19. The lowest BCUT2D eigenvalue weighted by molar-refractivity contribution is -0.138. The molecule has 2 amide bonds. The van der Waals surface area contributed by atoms with E-state index in [1.165, 1.54) is 24.5 Å². The molecule has 0 atom stereocenters. The van der Waals surface area contributed by atoms with E-state index in [0.29, 0.717) is 11.0 Å². The van der Waals surface area contributed by atoms with Crippen LogP contribution in [0.3, 0.4) is 0 Å². The second kappa shape index (κ2) is 6.89. The molecule has 2 aromatic carbocycles. The Balaban J connectivity index is 1.75. The molecule has 0 radical (unpaired) electrons. The molecule has 27 heavy (non-hydrogen) atoms. The van der Waals surface area contributed by atoms with Crippen LogP contribution < -0.4 is 10.0 Å². The number of sulfonamides is 1. The lowest BCUT2D eigenvalue weighted by Crippen LogP contribution is -2.34. The van der Waals surface area contributed by atoms with Gasteiger partial charge in [-0.15, -0.1) is 0 Å². The van der Waals surface area contributed by atoms with Crippen molar-refractivity contribution in [1.29, 1.82) is 0 Å². The molecule has 0 aliphatic heterocycles. The van der Waals surface area contributed by atoms with E-state index in [-0.39, 0.29) is 15.1 Å². The Labute approximate surface area is 159 Å². The van der Waals surface area contributed by atoms with Crippen molar-refractivity contribution in [2.45, 2.75) is 11.1 Å². The van der Waals surface area contributed by atoms with Gasteiger partial charge >= 0.3 is 12.2 Å². The third-order valence-corrected chi connectivity index (χ3v) is 5.48. The van der Waals surface area contributed by atoms with Crippen LogP contribution in [0, 0.1) is 0 Å². The van der Waals surface area contributed by atoms with Gasteiger partial charge in [-0.25, -0.2) is 17.9 Å². The van der Waals surface area contributed by atoms with Crippen LogP contribution in [0.15, 0.2) is 62.5 Å². The van der Waals surface area contributed by atoms with Crippen LogP contribution in [0.4, 0.5) is 23.7 Å². The summed E-state index contributed by atoms with van der Waals surface area (Å²) in [5.74, 6) is 0. The fraction of sp³-hybridized carbons (Fsp3) is 0.0625. The number of nitrogens with one attached hydrogen (secondary N) is 2. The van der Waals surface area contributed by atoms with Crippen molar-refractivity contribution in [1.82, 2.24) is 4.72 Å². The van der Waals surface area contributed by atoms with Crippen molar-refractivity contribution in [3.8, 4) is 0 Å². The number of hydrogen-bond acceptors (Lipinski definition) is 4. The molecule has 1 aromatic heterocycles. The molecule has 2 N–H and O–H groups in total. The average molecular weight is 463 g/mol. The van der Waals surface area contributed by atoms with E-state index in [1.807, 2.05) is 0 Å². The van der Waals surface area contributed by atoms with E-state index in [1.54, 1.807) is 10.8 Å². The molecule has 0 saturated carbocycles. The lowest BCUT2D eigenvalue weighted by atomic mass is 10.2. The number of alkyl halides is 3. The molecule has 0 unspecified atom stereocenters. The smallest absolute Gasteiger partial charge is 0.417 e. The summed E-state index contributed by atoms with van der Waals surface area (Å²) in [4.78, 5) is 11.8. The number of furan rings is 1. The molecule has 0 spiro atoms. The zero-order valence-electron chi connectivity index (χ0n) is 13.2. The first-order valence-electron chi connectivity index (χ1n) is 7.24. The van der Waals surface area contributed by atoms with Gasteiger partial charge in [-0.1, -0.05) is 15.9 Å². The summed E-state index contributed by atoms with van der Waals surface area (Å²) >= 11 is 2.77. The van der Waals surface area contributed by atoms with E-state index in [2.05, 4.69) is 21.2 Å². The number of anilines is 1. The molecule has 0 aliphatic carbocycles. The van der Waals surface area contributed by atoms with Crippen LogP contribution in [0.2, 0.25) is 0 Å². The van der Waals surface area contributed by atoms with Crippen LogP contribution in [-0.4, -0.2) is 14.4 Å². The monoisotopic (exact) mass is 462 g/mol. The first-order valence-corrected chi connectivity index (χ1v) is 9.52. The van der Waals surface area contributed by atoms with E-state index >= 15 is 0 Å². The number of rotatable bonds is 3. The highest BCUT2D eigenvalue weighted by molar-refractivity contribution is 9.10. The van der Waals surface area contributed by atoms with Gasteiger partial charge in [0.15, 0.2) is 0 Å². The summed E-state index contributed by atoms with van der Waals surface area (Å²) < 4.78 is 69.4. The van der Waals surface area contributed by atoms with Crippen molar-refractivity contribution in [3.63, 3.8) is 0 Å². The van der Waals surface area contributed by atoms with E-state index in [9.17, 15) is 26.4 Å². The predicted octanol–water partition coefficient (Wildman–Crippen LogP) is 4.72. The molecule has 3 aromatic rings. The number of fused-ring (bicyclic) bond motifs is 1. The first kappa shape index (κ1) is 19.2. The molecule has 142 valence electrons. The summed E-state index contributed by atoms with van der Waals surface area (Å²) in [5.41, 5.74) is -0.463. The SMILES string of the molecule is O=C(Nc1ccc(C(F)(F)F)c(Br)c1)NS(=O)(=O)c1ccc2occc2c1. The minimum atomic E-state index is -4.56. The standard InChI is InChI=1S/C16H10BrF3N2O4S/c17-13-8-10(1-3-12(13)16(18,19)20)21-15(23)22-27(24,25)11-2-4-14-9(7-11)5-6-26-14/h1-8H,(H2,21,22,23). The number of benzene rings is 2. The molecule has 0 saturated heterocycles. The summed E-state index contributed by atoms with van der Waals surface area (Å²) in [6.45, 7) is 0. The van der Waals surface area contributed by atoms with Crippen molar-refractivity contribution in [3.05, 3.63) is 58.8 Å². The topological polar surface area (TPSA) is 88.4 Å². The Bertz CT molecular complexity index is 1130. The molecular formula is C16H10BrF3N2O4S. The molecule has 0 aliphatic rings. The second-order valence-electron chi connectivity index (χ2n) is 5.37. The highest BCUT2D eigenvalue weighted by atomic mass is 79.9. The number of carbonyl (C=O) groups is 1. The third kappa shape index (κ3) is 4.25. The Morgan fingerprint density at radius 3 is 2.48 bits per heavy atom. The number of hydrogen-bond donors (Lipinski definition) is 2. The zero-order chi connectivity index (χ0) is 19.8. The first-order chi connectivity index (χ1) is 12.6. The molecule has 0 fully saturated rings. The van der Waals surface area contributed by atoms with Crippen LogP contribution >= 0.6 is 15.9 Å². The van der Waals surface area contributed by atoms with Gasteiger partial charge in [0.05, 0.1) is 16.7 Å². The second-order valence-corrected chi connectivity index (χ2v) is 7.91. The highest BCUT2D eigenvalue weighted by Crippen LogP contribution is 2.36. The van der Waals surface area contributed by atoms with Crippen LogP contribution in [0.1, 0.15) is 5.56 Å². The Morgan fingerprint density at radius 1 is 1.07 bits per heavy atom. The van der Waals surface area contributed by atoms with Gasteiger partial charge in [0, 0.05) is 15.5 Å². The normalized spacial score (nSPS) is 12.1. The van der Waals surface area contributed by atoms with Crippen LogP contribution in [0.25, 0.3) is 11.0 Å². The number of halogens is 4. The van der Waals surface area contributed by atoms with Crippen molar-refractivity contribution in [2.24, 2.45) is 0 Å². The average Bonchev–Trinajstić information content (AvgIpc) is 3.00. The largest absolute Gasteiger partial charge is 0.464 e. The van der Waals surface area contributed by atoms with Gasteiger partial charge in [0.1, 0.15) is 5.58 Å². The Hall–Kier alpha value is -2.53. The summed E-state index contributed by atoms with van der Waals surface area (Å²) in [5, 5.41) is 2.71. The maximum atomic E-state index is 12.7. The minimum absolute atomic E-state index is 0.0205. The maximum absolute atomic E-state index is 12.7. The number of carbonyl (C=O) groups excluding carboxylic acids is 1. The Morgan fingerprint density at radius 2 is 1.81 bits per heavy atom. The fourth-order valence-electron chi connectivity index (χ4n) is 2.27. The van der Waals surface area contributed by atoms with E-state index in [4.69, 9.17) is 4.42 Å². The van der Waals surface area contributed by atoms with Crippen LogP contribution in [0.5, 0.6) is 0 Å². The van der Waals surface area contributed by atoms with Crippen LogP contribution in [-0.2, 0) is 16.2 Å². The third-order valence-electron chi connectivity index (χ3n) is 3.49. The van der Waals surface area contributed by atoms with Gasteiger partial charge in [-0.05, 0) is 42.5 Å². The van der Waals surface area contributed by atoms with Crippen molar-refractivity contribution >= 4 is 48.6 Å². The van der Waals surface area contributed by atoms with Gasteiger partial charge < -0.3 is 9.73 Å². The van der Waals surface area contributed by atoms with Gasteiger partial charge in [0.2, 0.25) is 0 Å². The van der Waals surface area contributed by atoms with Crippen molar-refractivity contribution < 1.29 is 30.8 Å². The quantitative estimate of drug-likeness (QED) is 0.588. The van der Waals surface area contributed by atoms with Crippen molar-refractivity contribution in [2.75, 3.05) is 5.32 Å². The highest BCUT2D eigenvalue weighted by Gasteiger charge is 2.33. The minimum Gasteiger partial charge on any atom is -0.464 e. The van der Waals surface area contributed by atoms with E-state index < -0.39 is 27.8 Å². The molecule has 6 nitrogen and oxygen atoms in total. The molecular weight excluding hydrogens is 453 g/mol. The van der Waals surface area contributed by atoms with Gasteiger partial charge in [-0.2, -0.15) is 13.2 Å². The van der Waals surface area contributed by atoms with Gasteiger partial charge in [-0.3, -0.25) is 0 Å². The van der Waals surface area contributed by atoms with Gasteiger partial charge in [0.25, 0.3) is 10.0 Å². The fourth-order valence-corrected chi connectivity index (χ4v) is 3.82. The summed E-state index contributed by atoms with van der Waals surface area (Å²) in [6, 6.07) is 7.27. The molecule has 1 heterocycles. The number of amides is 2. The lowest BCUT2D eigenvalue weighted by Gasteiger charge is -2.12. The number of urea groups is 1. The molecule has 0 bridgehead atoms.